The predicted octanol–water partition coefficient (Wildman–Crippen LogP) is 4.20. The highest BCUT2D eigenvalue weighted by molar-refractivity contribution is 5.58. The lowest BCUT2D eigenvalue weighted by molar-refractivity contribution is 0.153. The zero-order chi connectivity index (χ0) is 21.5. The molecule has 1 atom stereocenters. The molecule has 8 heteroatoms. The number of methoxy groups -OCH3 is 1. The monoisotopic (exact) mass is 426 g/mol. The Labute approximate surface area is 184 Å². The van der Waals surface area contributed by atoms with Crippen molar-refractivity contribution in [1.29, 1.82) is 0 Å². The van der Waals surface area contributed by atoms with Crippen LogP contribution >= 0.6 is 0 Å². The zero-order valence-corrected chi connectivity index (χ0v) is 18.6. The van der Waals surface area contributed by atoms with Gasteiger partial charge in [-0.3, -0.25) is 0 Å². The smallest absolute Gasteiger partial charge is 0.323 e. The largest absolute Gasteiger partial charge is 0.496 e. The summed E-state index contributed by atoms with van der Waals surface area (Å²) < 4.78 is 11.5. The molecule has 2 heterocycles. The topological polar surface area (TPSA) is 93.2 Å². The van der Waals surface area contributed by atoms with Crippen molar-refractivity contribution in [2.45, 2.75) is 70.4 Å². The average Bonchev–Trinajstić information content (AvgIpc) is 3.03. The Morgan fingerprint density at radius 1 is 0.968 bits per heavy atom. The number of aromatic nitrogens is 3. The molecule has 1 saturated heterocycles. The molecule has 2 aromatic rings. The first-order valence-corrected chi connectivity index (χ1v) is 11.5. The molecule has 1 unspecified atom stereocenters. The van der Waals surface area contributed by atoms with Crippen molar-refractivity contribution < 1.29 is 9.47 Å². The van der Waals surface area contributed by atoms with E-state index in [1.54, 1.807) is 7.11 Å². The second-order valence-electron chi connectivity index (χ2n) is 8.49. The summed E-state index contributed by atoms with van der Waals surface area (Å²) in [6.45, 7) is 3.87. The standard InChI is InChI=1S/C23H34N6O2/c1-16-14-18(11-12-20(16)30-2)26-22-27-21(25-17-8-5-3-4-6-9-17)28-23(29-22)31-19-10-7-13-24-15-19/h11-12,14,17,19,24H,3-10,13,15H2,1-2H3,(H2,25,26,27,28,29). The maximum absolute atomic E-state index is 6.12. The van der Waals surface area contributed by atoms with Crippen LogP contribution in [0.25, 0.3) is 0 Å². The first kappa shape index (κ1) is 21.6. The van der Waals surface area contributed by atoms with Crippen LogP contribution in [0, 0.1) is 6.92 Å². The molecule has 2 fully saturated rings. The summed E-state index contributed by atoms with van der Waals surface area (Å²) in [4.78, 5) is 13.8. The Morgan fingerprint density at radius 2 is 1.77 bits per heavy atom. The van der Waals surface area contributed by atoms with Crippen LogP contribution < -0.4 is 25.4 Å². The molecule has 0 bridgehead atoms. The van der Waals surface area contributed by atoms with Crippen molar-refractivity contribution in [3.63, 3.8) is 0 Å². The lowest BCUT2D eigenvalue weighted by atomic mass is 10.1. The van der Waals surface area contributed by atoms with E-state index in [0.29, 0.717) is 23.9 Å². The minimum atomic E-state index is 0.0814. The van der Waals surface area contributed by atoms with Crippen LogP contribution in [0.2, 0.25) is 0 Å². The van der Waals surface area contributed by atoms with Gasteiger partial charge in [-0.1, -0.05) is 25.7 Å². The summed E-state index contributed by atoms with van der Waals surface area (Å²) in [5.74, 6) is 1.91. The molecular formula is C23H34N6O2. The van der Waals surface area contributed by atoms with E-state index >= 15 is 0 Å². The molecule has 1 saturated carbocycles. The van der Waals surface area contributed by atoms with Crippen molar-refractivity contribution in [3.8, 4) is 11.8 Å². The van der Waals surface area contributed by atoms with E-state index in [9.17, 15) is 0 Å². The Kier molecular flexibility index (Phi) is 7.40. The Bertz CT molecular complexity index is 848. The second kappa shape index (κ2) is 10.6. The number of nitrogens with zero attached hydrogens (tertiary/aromatic N) is 3. The van der Waals surface area contributed by atoms with Crippen LogP contribution in [0.4, 0.5) is 17.6 Å². The molecule has 1 aromatic heterocycles. The molecule has 1 aromatic carbocycles. The molecule has 1 aliphatic heterocycles. The van der Waals surface area contributed by atoms with E-state index in [4.69, 9.17) is 9.47 Å². The van der Waals surface area contributed by atoms with Crippen LogP contribution in [0.1, 0.15) is 56.9 Å². The second-order valence-corrected chi connectivity index (χ2v) is 8.49. The number of nitrogens with one attached hydrogen (secondary N) is 3. The van der Waals surface area contributed by atoms with Crippen LogP contribution in [-0.4, -0.2) is 47.3 Å². The lowest BCUT2D eigenvalue weighted by Crippen LogP contribution is -2.37. The maximum atomic E-state index is 6.12. The highest BCUT2D eigenvalue weighted by Crippen LogP contribution is 2.25. The van der Waals surface area contributed by atoms with E-state index in [1.807, 2.05) is 25.1 Å². The SMILES string of the molecule is COc1ccc(Nc2nc(NC3CCCCCC3)nc(OC3CCCNC3)n2)cc1C. The van der Waals surface area contributed by atoms with Gasteiger partial charge in [-0.25, -0.2) is 0 Å². The van der Waals surface area contributed by atoms with E-state index in [0.717, 1.165) is 55.8 Å². The first-order chi connectivity index (χ1) is 15.2. The summed E-state index contributed by atoms with van der Waals surface area (Å²) in [6.07, 6.45) is 9.59. The Morgan fingerprint density at radius 3 is 2.48 bits per heavy atom. The normalized spacial score (nSPS) is 20.0. The Balaban J connectivity index is 1.54. The average molecular weight is 427 g/mol. The molecular weight excluding hydrogens is 392 g/mol. The van der Waals surface area contributed by atoms with Crippen LogP contribution in [0.3, 0.4) is 0 Å². The molecule has 4 rings (SSSR count). The van der Waals surface area contributed by atoms with Crippen molar-refractivity contribution in [2.24, 2.45) is 0 Å². The fourth-order valence-corrected chi connectivity index (χ4v) is 4.29. The van der Waals surface area contributed by atoms with Gasteiger partial charge in [-0.2, -0.15) is 15.0 Å². The molecule has 31 heavy (non-hydrogen) atoms. The van der Waals surface area contributed by atoms with Gasteiger partial charge >= 0.3 is 6.01 Å². The summed E-state index contributed by atoms with van der Waals surface area (Å²) in [6, 6.07) is 6.68. The molecule has 0 radical (unpaired) electrons. The van der Waals surface area contributed by atoms with Gasteiger partial charge in [0.25, 0.3) is 0 Å². The number of hydrogen-bond donors (Lipinski definition) is 3. The number of hydrogen-bond acceptors (Lipinski definition) is 8. The van der Waals surface area contributed by atoms with Gasteiger partial charge in [0, 0.05) is 18.3 Å². The quantitative estimate of drug-likeness (QED) is 0.567. The third kappa shape index (κ3) is 6.19. The van der Waals surface area contributed by atoms with Crippen LogP contribution in [-0.2, 0) is 0 Å². The van der Waals surface area contributed by atoms with Gasteiger partial charge in [0.2, 0.25) is 11.9 Å². The van der Waals surface area contributed by atoms with E-state index in [-0.39, 0.29) is 6.10 Å². The minimum Gasteiger partial charge on any atom is -0.496 e. The van der Waals surface area contributed by atoms with Gasteiger partial charge in [0.1, 0.15) is 11.9 Å². The summed E-state index contributed by atoms with van der Waals surface area (Å²) in [7, 11) is 1.68. The molecule has 3 N–H and O–H groups in total. The van der Waals surface area contributed by atoms with Crippen LogP contribution in [0.5, 0.6) is 11.8 Å². The van der Waals surface area contributed by atoms with E-state index in [2.05, 4.69) is 30.9 Å². The van der Waals surface area contributed by atoms with Crippen molar-refractivity contribution in [3.05, 3.63) is 23.8 Å². The molecule has 0 amide bonds. The third-order valence-electron chi connectivity index (χ3n) is 5.98. The summed E-state index contributed by atoms with van der Waals surface area (Å²) in [5, 5.41) is 10.2. The van der Waals surface area contributed by atoms with Gasteiger partial charge in [0.15, 0.2) is 0 Å². The van der Waals surface area contributed by atoms with E-state index < -0.39 is 0 Å². The fraction of sp³-hybridized carbons (Fsp3) is 0.609. The number of piperidine rings is 1. The number of anilines is 3. The lowest BCUT2D eigenvalue weighted by Gasteiger charge is -2.23. The van der Waals surface area contributed by atoms with Crippen molar-refractivity contribution in [1.82, 2.24) is 20.3 Å². The van der Waals surface area contributed by atoms with Crippen LogP contribution in [0.15, 0.2) is 18.2 Å². The van der Waals surface area contributed by atoms with Crippen molar-refractivity contribution in [2.75, 3.05) is 30.8 Å². The molecule has 0 spiro atoms. The number of aryl methyl sites for hydroxylation is 1. The highest BCUT2D eigenvalue weighted by atomic mass is 16.5. The van der Waals surface area contributed by atoms with E-state index in [1.165, 1.54) is 25.7 Å². The molecule has 168 valence electrons. The number of benzene rings is 1. The Hall–Kier alpha value is -2.61. The maximum Gasteiger partial charge on any atom is 0.323 e. The van der Waals surface area contributed by atoms with Gasteiger partial charge in [-0.05, 0) is 62.9 Å². The third-order valence-corrected chi connectivity index (χ3v) is 5.98. The fourth-order valence-electron chi connectivity index (χ4n) is 4.29. The minimum absolute atomic E-state index is 0.0814. The van der Waals surface area contributed by atoms with Gasteiger partial charge in [0.05, 0.1) is 7.11 Å². The van der Waals surface area contributed by atoms with Gasteiger partial charge < -0.3 is 25.4 Å². The van der Waals surface area contributed by atoms with Crippen molar-refractivity contribution >= 4 is 17.6 Å². The zero-order valence-electron chi connectivity index (χ0n) is 18.6. The molecule has 8 nitrogen and oxygen atoms in total. The van der Waals surface area contributed by atoms with Gasteiger partial charge in [-0.15, -0.1) is 0 Å². The summed E-state index contributed by atoms with van der Waals surface area (Å²) in [5.41, 5.74) is 1.94. The molecule has 1 aliphatic carbocycles. The first-order valence-electron chi connectivity index (χ1n) is 11.5. The number of ether oxygens (including phenoxy) is 2. The predicted molar refractivity (Wildman–Crippen MR) is 122 cm³/mol. The summed E-state index contributed by atoms with van der Waals surface area (Å²) >= 11 is 0. The number of rotatable bonds is 7. The highest BCUT2D eigenvalue weighted by Gasteiger charge is 2.19. The molecule has 2 aliphatic rings.